The zero-order valence-electron chi connectivity index (χ0n) is 10.2. The number of fused-ring (bicyclic) bond motifs is 2. The first-order valence-electron chi connectivity index (χ1n) is 6.68. The fourth-order valence-corrected chi connectivity index (χ4v) is 3.25. The Morgan fingerprint density at radius 3 is 2.88 bits per heavy atom. The Hall–Kier alpha value is -0.570. The van der Waals surface area contributed by atoms with Crippen molar-refractivity contribution in [2.75, 3.05) is 13.2 Å². The van der Waals surface area contributed by atoms with Crippen LogP contribution in [0.1, 0.15) is 45.4 Å². The number of rotatable bonds is 6. The van der Waals surface area contributed by atoms with Gasteiger partial charge in [0.1, 0.15) is 0 Å². The maximum atomic E-state index is 11.1. The van der Waals surface area contributed by atoms with Gasteiger partial charge < -0.3 is 10.1 Å². The predicted molar refractivity (Wildman–Crippen MR) is 63.1 cm³/mol. The lowest BCUT2D eigenvalue weighted by Crippen LogP contribution is -2.34. The van der Waals surface area contributed by atoms with Crippen molar-refractivity contribution in [2.45, 2.75) is 51.5 Å². The summed E-state index contributed by atoms with van der Waals surface area (Å²) >= 11 is 0. The summed E-state index contributed by atoms with van der Waals surface area (Å²) in [4.78, 5) is 11.1. The quantitative estimate of drug-likeness (QED) is 0.556. The number of carbonyl (C=O) groups is 1. The monoisotopic (exact) mass is 225 g/mol. The molecule has 2 fully saturated rings. The number of carbonyl (C=O) groups excluding carboxylic acids is 1. The van der Waals surface area contributed by atoms with Crippen LogP contribution in [0.3, 0.4) is 0 Å². The molecule has 2 rings (SSSR count). The van der Waals surface area contributed by atoms with Crippen molar-refractivity contribution in [3.05, 3.63) is 0 Å². The fourth-order valence-electron chi connectivity index (χ4n) is 3.25. The normalized spacial score (nSPS) is 31.9. The molecule has 0 aromatic rings. The first-order chi connectivity index (χ1) is 7.79. The van der Waals surface area contributed by atoms with E-state index in [0.717, 1.165) is 30.8 Å². The summed E-state index contributed by atoms with van der Waals surface area (Å²) in [6.45, 7) is 3.32. The van der Waals surface area contributed by atoms with Gasteiger partial charge in [-0.25, -0.2) is 0 Å². The highest BCUT2D eigenvalue weighted by molar-refractivity contribution is 5.69. The van der Waals surface area contributed by atoms with Crippen LogP contribution in [0.15, 0.2) is 0 Å². The van der Waals surface area contributed by atoms with Crippen molar-refractivity contribution < 1.29 is 9.53 Å². The van der Waals surface area contributed by atoms with Gasteiger partial charge in [-0.1, -0.05) is 6.42 Å². The van der Waals surface area contributed by atoms with E-state index >= 15 is 0 Å². The molecule has 2 aliphatic carbocycles. The van der Waals surface area contributed by atoms with E-state index in [4.69, 9.17) is 4.74 Å². The van der Waals surface area contributed by atoms with Gasteiger partial charge in [-0.3, -0.25) is 4.79 Å². The Balaban J connectivity index is 1.54. The molecule has 2 bridgehead atoms. The van der Waals surface area contributed by atoms with Gasteiger partial charge in [0.25, 0.3) is 0 Å². The zero-order valence-corrected chi connectivity index (χ0v) is 10.2. The minimum Gasteiger partial charge on any atom is -0.466 e. The first-order valence-corrected chi connectivity index (χ1v) is 6.68. The Morgan fingerprint density at radius 2 is 2.25 bits per heavy atom. The molecule has 92 valence electrons. The molecule has 1 N–H and O–H groups in total. The van der Waals surface area contributed by atoms with Crippen molar-refractivity contribution in [3.8, 4) is 0 Å². The molecule has 0 aliphatic heterocycles. The van der Waals surface area contributed by atoms with Crippen molar-refractivity contribution in [2.24, 2.45) is 11.8 Å². The SMILES string of the molecule is CCOC(=O)CCCNC1CC2CCC1C2. The lowest BCUT2D eigenvalue weighted by Gasteiger charge is -2.22. The number of hydrogen-bond donors (Lipinski definition) is 1. The molecule has 3 atom stereocenters. The lowest BCUT2D eigenvalue weighted by molar-refractivity contribution is -0.143. The molecule has 3 heteroatoms. The zero-order chi connectivity index (χ0) is 11.4. The van der Waals surface area contributed by atoms with Gasteiger partial charge in [0.2, 0.25) is 0 Å². The fraction of sp³-hybridized carbons (Fsp3) is 0.923. The molecule has 3 unspecified atom stereocenters. The Bertz CT molecular complexity index is 242. The van der Waals surface area contributed by atoms with Crippen molar-refractivity contribution in [1.29, 1.82) is 0 Å². The minimum atomic E-state index is -0.0581. The third kappa shape index (κ3) is 2.97. The van der Waals surface area contributed by atoms with Crippen LogP contribution in [-0.4, -0.2) is 25.2 Å². The van der Waals surface area contributed by atoms with Gasteiger partial charge in [0, 0.05) is 12.5 Å². The van der Waals surface area contributed by atoms with Gasteiger partial charge in [0.05, 0.1) is 6.61 Å². The molecule has 0 aromatic heterocycles. The van der Waals surface area contributed by atoms with E-state index in [-0.39, 0.29) is 5.97 Å². The molecule has 0 aromatic carbocycles. The van der Waals surface area contributed by atoms with E-state index in [1.165, 1.54) is 25.7 Å². The lowest BCUT2D eigenvalue weighted by atomic mass is 9.95. The van der Waals surface area contributed by atoms with Crippen LogP contribution < -0.4 is 5.32 Å². The standard InChI is InChI=1S/C13H23NO2/c1-2-16-13(15)4-3-7-14-12-9-10-5-6-11(12)8-10/h10-12,14H,2-9H2,1H3. The summed E-state index contributed by atoms with van der Waals surface area (Å²) in [7, 11) is 0. The summed E-state index contributed by atoms with van der Waals surface area (Å²) < 4.78 is 4.90. The molecule has 0 spiro atoms. The predicted octanol–water partition coefficient (Wildman–Crippen LogP) is 2.11. The molecule has 3 nitrogen and oxygen atoms in total. The Morgan fingerprint density at radius 1 is 1.38 bits per heavy atom. The highest BCUT2D eigenvalue weighted by Gasteiger charge is 2.38. The van der Waals surface area contributed by atoms with Gasteiger partial charge in [0.15, 0.2) is 0 Å². The number of esters is 1. The van der Waals surface area contributed by atoms with Crippen LogP contribution in [0.2, 0.25) is 0 Å². The smallest absolute Gasteiger partial charge is 0.305 e. The van der Waals surface area contributed by atoms with Crippen molar-refractivity contribution in [3.63, 3.8) is 0 Å². The van der Waals surface area contributed by atoms with Gasteiger partial charge >= 0.3 is 5.97 Å². The summed E-state index contributed by atoms with van der Waals surface area (Å²) in [6.07, 6.45) is 7.14. The van der Waals surface area contributed by atoms with E-state index in [1.807, 2.05) is 6.92 Å². The summed E-state index contributed by atoms with van der Waals surface area (Å²) in [5.41, 5.74) is 0. The van der Waals surface area contributed by atoms with Gasteiger partial charge in [-0.15, -0.1) is 0 Å². The average Bonchev–Trinajstić information content (AvgIpc) is 2.86. The third-order valence-electron chi connectivity index (χ3n) is 4.01. The average molecular weight is 225 g/mol. The molecular formula is C13H23NO2. The summed E-state index contributed by atoms with van der Waals surface area (Å²) in [6, 6.07) is 0.737. The van der Waals surface area contributed by atoms with Gasteiger partial charge in [-0.05, 0) is 51.0 Å². The molecule has 0 saturated heterocycles. The molecule has 16 heavy (non-hydrogen) atoms. The van der Waals surface area contributed by atoms with E-state index < -0.39 is 0 Å². The molecular weight excluding hydrogens is 202 g/mol. The highest BCUT2D eigenvalue weighted by Crippen LogP contribution is 2.44. The van der Waals surface area contributed by atoms with Crippen LogP contribution in [0.5, 0.6) is 0 Å². The van der Waals surface area contributed by atoms with Crippen LogP contribution in [-0.2, 0) is 9.53 Å². The van der Waals surface area contributed by atoms with Crippen LogP contribution >= 0.6 is 0 Å². The topological polar surface area (TPSA) is 38.3 Å². The number of nitrogens with one attached hydrogen (secondary N) is 1. The Kier molecular flexibility index (Phi) is 4.22. The molecule has 2 aliphatic rings. The Labute approximate surface area is 97.9 Å². The molecule has 0 radical (unpaired) electrons. The van der Waals surface area contributed by atoms with Gasteiger partial charge in [-0.2, -0.15) is 0 Å². The highest BCUT2D eigenvalue weighted by atomic mass is 16.5. The first kappa shape index (κ1) is 11.9. The maximum Gasteiger partial charge on any atom is 0.305 e. The molecule has 2 saturated carbocycles. The number of ether oxygens (including phenoxy) is 1. The molecule has 0 heterocycles. The summed E-state index contributed by atoms with van der Waals surface area (Å²) in [5, 5.41) is 3.60. The summed E-state index contributed by atoms with van der Waals surface area (Å²) in [5.74, 6) is 1.86. The van der Waals surface area contributed by atoms with Crippen LogP contribution in [0.25, 0.3) is 0 Å². The largest absolute Gasteiger partial charge is 0.466 e. The second-order valence-corrected chi connectivity index (χ2v) is 5.14. The van der Waals surface area contributed by atoms with Crippen molar-refractivity contribution in [1.82, 2.24) is 5.32 Å². The third-order valence-corrected chi connectivity index (χ3v) is 4.01. The maximum absolute atomic E-state index is 11.1. The van der Waals surface area contributed by atoms with E-state index in [9.17, 15) is 4.79 Å². The van der Waals surface area contributed by atoms with E-state index in [1.54, 1.807) is 0 Å². The van der Waals surface area contributed by atoms with Crippen LogP contribution in [0, 0.1) is 11.8 Å². The van der Waals surface area contributed by atoms with E-state index in [2.05, 4.69) is 5.32 Å². The van der Waals surface area contributed by atoms with Crippen LogP contribution in [0.4, 0.5) is 0 Å². The minimum absolute atomic E-state index is 0.0581. The second kappa shape index (κ2) is 5.67. The van der Waals surface area contributed by atoms with E-state index in [0.29, 0.717) is 13.0 Å². The molecule has 0 amide bonds. The second-order valence-electron chi connectivity index (χ2n) is 5.14. The number of hydrogen-bond acceptors (Lipinski definition) is 3. The van der Waals surface area contributed by atoms with Crippen molar-refractivity contribution >= 4 is 5.97 Å².